The van der Waals surface area contributed by atoms with E-state index in [1.807, 2.05) is 18.2 Å². The molecule has 0 atom stereocenters. The predicted molar refractivity (Wildman–Crippen MR) is 57.7 cm³/mol. The highest BCUT2D eigenvalue weighted by atomic mass is 16.4. The summed E-state index contributed by atoms with van der Waals surface area (Å²) in [6, 6.07) is 3.84. The normalized spacial score (nSPS) is 10.9. The Labute approximate surface area is 89.4 Å². The number of furan rings is 1. The minimum atomic E-state index is -0.723. The highest BCUT2D eigenvalue weighted by Gasteiger charge is 1.94. The fraction of sp³-hybridized carbons (Fsp3) is 0.417. The maximum Gasteiger partial charge on any atom is 0.303 e. The van der Waals surface area contributed by atoms with Crippen molar-refractivity contribution in [2.45, 2.75) is 32.1 Å². The summed E-state index contributed by atoms with van der Waals surface area (Å²) in [6.07, 6.45) is 9.44. The van der Waals surface area contributed by atoms with Crippen LogP contribution in [0.4, 0.5) is 0 Å². The Morgan fingerprint density at radius 3 is 2.87 bits per heavy atom. The standard InChI is InChI=1S/C12H16O3/c13-12(14)9-5-3-1-2-4-7-11-8-6-10-15-11/h1-2,6,8,10H,3-5,7,9H2,(H,13,14)/b2-1+. The molecule has 1 rings (SSSR count). The van der Waals surface area contributed by atoms with Gasteiger partial charge in [-0.25, -0.2) is 0 Å². The highest BCUT2D eigenvalue weighted by Crippen LogP contribution is 2.04. The molecule has 1 aromatic heterocycles. The average molecular weight is 208 g/mol. The third kappa shape index (κ3) is 5.73. The molecule has 1 N–H and O–H groups in total. The van der Waals surface area contributed by atoms with Gasteiger partial charge in [0.2, 0.25) is 0 Å². The summed E-state index contributed by atoms with van der Waals surface area (Å²) >= 11 is 0. The lowest BCUT2D eigenvalue weighted by Gasteiger charge is -1.92. The van der Waals surface area contributed by atoms with E-state index in [1.54, 1.807) is 6.26 Å². The van der Waals surface area contributed by atoms with E-state index in [4.69, 9.17) is 9.52 Å². The molecular weight excluding hydrogens is 192 g/mol. The fourth-order valence-electron chi connectivity index (χ4n) is 1.29. The zero-order valence-electron chi connectivity index (χ0n) is 8.69. The van der Waals surface area contributed by atoms with Crippen LogP contribution in [0.25, 0.3) is 0 Å². The van der Waals surface area contributed by atoms with Crippen molar-refractivity contribution in [3.8, 4) is 0 Å². The molecule has 0 bridgehead atoms. The van der Waals surface area contributed by atoms with E-state index < -0.39 is 5.97 Å². The number of aryl methyl sites for hydroxylation is 1. The zero-order chi connectivity index (χ0) is 10.9. The van der Waals surface area contributed by atoms with Crippen molar-refractivity contribution in [1.29, 1.82) is 0 Å². The molecule has 0 saturated carbocycles. The van der Waals surface area contributed by atoms with Crippen LogP contribution in [0, 0.1) is 0 Å². The SMILES string of the molecule is O=C(O)CCC/C=C/CCc1ccco1. The third-order valence-corrected chi connectivity index (χ3v) is 2.07. The number of hydrogen-bond acceptors (Lipinski definition) is 2. The van der Waals surface area contributed by atoms with E-state index in [9.17, 15) is 4.79 Å². The van der Waals surface area contributed by atoms with Crippen LogP contribution in [0.5, 0.6) is 0 Å². The molecule has 82 valence electrons. The van der Waals surface area contributed by atoms with Crippen molar-refractivity contribution >= 4 is 5.97 Å². The van der Waals surface area contributed by atoms with Crippen LogP contribution in [0.3, 0.4) is 0 Å². The second-order valence-corrected chi connectivity index (χ2v) is 3.38. The first-order valence-corrected chi connectivity index (χ1v) is 5.18. The van der Waals surface area contributed by atoms with E-state index in [0.29, 0.717) is 6.42 Å². The summed E-state index contributed by atoms with van der Waals surface area (Å²) < 4.78 is 5.18. The van der Waals surface area contributed by atoms with E-state index in [2.05, 4.69) is 6.08 Å². The Hall–Kier alpha value is -1.51. The van der Waals surface area contributed by atoms with Crippen LogP contribution in [0.15, 0.2) is 35.0 Å². The van der Waals surface area contributed by atoms with Crippen LogP contribution >= 0.6 is 0 Å². The van der Waals surface area contributed by atoms with E-state index >= 15 is 0 Å². The van der Waals surface area contributed by atoms with Crippen molar-refractivity contribution in [2.24, 2.45) is 0 Å². The monoisotopic (exact) mass is 208 g/mol. The van der Waals surface area contributed by atoms with Crippen molar-refractivity contribution < 1.29 is 14.3 Å². The number of carbonyl (C=O) groups is 1. The van der Waals surface area contributed by atoms with Gasteiger partial charge in [-0.2, -0.15) is 0 Å². The molecule has 0 spiro atoms. The highest BCUT2D eigenvalue weighted by molar-refractivity contribution is 5.66. The summed E-state index contributed by atoms with van der Waals surface area (Å²) in [5, 5.41) is 8.40. The molecule has 0 unspecified atom stereocenters. The largest absolute Gasteiger partial charge is 0.481 e. The second-order valence-electron chi connectivity index (χ2n) is 3.38. The Morgan fingerprint density at radius 2 is 2.20 bits per heavy atom. The molecule has 0 fully saturated rings. The average Bonchev–Trinajstić information content (AvgIpc) is 2.68. The summed E-state index contributed by atoms with van der Waals surface area (Å²) in [6.45, 7) is 0. The van der Waals surface area contributed by atoms with Gasteiger partial charge in [0, 0.05) is 12.8 Å². The van der Waals surface area contributed by atoms with E-state index in [-0.39, 0.29) is 6.42 Å². The van der Waals surface area contributed by atoms with Crippen molar-refractivity contribution in [3.63, 3.8) is 0 Å². The van der Waals surface area contributed by atoms with E-state index in [0.717, 1.165) is 25.0 Å². The summed E-state index contributed by atoms with van der Waals surface area (Å²) in [7, 11) is 0. The van der Waals surface area contributed by atoms with Crippen LogP contribution in [0.2, 0.25) is 0 Å². The summed E-state index contributed by atoms with van der Waals surface area (Å²) in [5.74, 6) is 0.268. The number of unbranched alkanes of at least 4 members (excludes halogenated alkanes) is 1. The summed E-state index contributed by atoms with van der Waals surface area (Å²) in [5.41, 5.74) is 0. The Bertz CT molecular complexity index is 299. The molecule has 0 aliphatic heterocycles. The molecule has 0 aliphatic rings. The molecule has 0 radical (unpaired) electrons. The Morgan fingerprint density at radius 1 is 1.40 bits per heavy atom. The van der Waals surface area contributed by atoms with Gasteiger partial charge in [-0.05, 0) is 31.4 Å². The van der Waals surface area contributed by atoms with Crippen LogP contribution < -0.4 is 0 Å². The van der Waals surface area contributed by atoms with Crippen molar-refractivity contribution in [1.82, 2.24) is 0 Å². The lowest BCUT2D eigenvalue weighted by atomic mass is 10.2. The molecule has 0 amide bonds. The Kier molecular flexibility index (Phi) is 5.30. The van der Waals surface area contributed by atoms with Gasteiger partial charge in [0.1, 0.15) is 5.76 Å². The quantitative estimate of drug-likeness (QED) is 0.553. The van der Waals surface area contributed by atoms with Crippen LogP contribution in [0.1, 0.15) is 31.4 Å². The predicted octanol–water partition coefficient (Wildman–Crippen LogP) is 3.02. The van der Waals surface area contributed by atoms with Gasteiger partial charge in [0.05, 0.1) is 6.26 Å². The minimum Gasteiger partial charge on any atom is -0.481 e. The maximum absolute atomic E-state index is 10.2. The van der Waals surface area contributed by atoms with Crippen molar-refractivity contribution in [2.75, 3.05) is 0 Å². The molecule has 0 aliphatic carbocycles. The van der Waals surface area contributed by atoms with Crippen LogP contribution in [-0.4, -0.2) is 11.1 Å². The van der Waals surface area contributed by atoms with Crippen molar-refractivity contribution in [3.05, 3.63) is 36.3 Å². The fourth-order valence-corrected chi connectivity index (χ4v) is 1.29. The molecule has 1 heterocycles. The molecule has 0 saturated heterocycles. The molecule has 0 aromatic carbocycles. The minimum absolute atomic E-state index is 0.253. The maximum atomic E-state index is 10.2. The number of aliphatic carboxylic acids is 1. The number of hydrogen-bond donors (Lipinski definition) is 1. The Balaban J connectivity index is 2.00. The number of carboxylic acids is 1. The third-order valence-electron chi connectivity index (χ3n) is 2.07. The lowest BCUT2D eigenvalue weighted by Crippen LogP contribution is -1.92. The first kappa shape index (κ1) is 11.6. The van der Waals surface area contributed by atoms with Gasteiger partial charge in [-0.1, -0.05) is 12.2 Å². The molecular formula is C12H16O3. The second kappa shape index (κ2) is 6.87. The van der Waals surface area contributed by atoms with Gasteiger partial charge in [-0.15, -0.1) is 0 Å². The number of rotatable bonds is 7. The van der Waals surface area contributed by atoms with Crippen LogP contribution in [-0.2, 0) is 11.2 Å². The van der Waals surface area contributed by atoms with Gasteiger partial charge in [0.15, 0.2) is 0 Å². The first-order valence-electron chi connectivity index (χ1n) is 5.18. The summed E-state index contributed by atoms with van der Waals surface area (Å²) in [4.78, 5) is 10.2. The van der Waals surface area contributed by atoms with E-state index in [1.165, 1.54) is 0 Å². The van der Waals surface area contributed by atoms with Gasteiger partial charge in [-0.3, -0.25) is 4.79 Å². The molecule has 3 heteroatoms. The van der Waals surface area contributed by atoms with Gasteiger partial charge >= 0.3 is 5.97 Å². The number of allylic oxidation sites excluding steroid dienone is 2. The lowest BCUT2D eigenvalue weighted by molar-refractivity contribution is -0.137. The number of carboxylic acid groups (broad SMARTS) is 1. The van der Waals surface area contributed by atoms with Gasteiger partial charge in [0.25, 0.3) is 0 Å². The molecule has 3 nitrogen and oxygen atoms in total. The van der Waals surface area contributed by atoms with Gasteiger partial charge < -0.3 is 9.52 Å². The zero-order valence-corrected chi connectivity index (χ0v) is 8.69. The molecule has 15 heavy (non-hydrogen) atoms. The first-order chi connectivity index (χ1) is 7.29. The molecule has 1 aromatic rings. The smallest absolute Gasteiger partial charge is 0.303 e. The topological polar surface area (TPSA) is 50.4 Å².